The largest absolute Gasteiger partial charge is 0.494 e. The summed E-state index contributed by atoms with van der Waals surface area (Å²) in [5.74, 6) is -3.02. The highest BCUT2D eigenvalue weighted by Crippen LogP contribution is 2.18. The quantitative estimate of drug-likeness (QED) is 0.847. The average Bonchev–Trinajstić information content (AvgIpc) is 2.60. The standard InChI is InChI=1S/C17H14FNO5/c1-23-14-8-7-12(9-13(14)18)17(22)24-10-15(20)19-16(21)11-5-3-2-4-6-11/h2-9H,10H2,1H3,(H,19,20,21). The van der Waals surface area contributed by atoms with E-state index in [0.717, 1.165) is 6.07 Å². The molecule has 0 bridgehead atoms. The van der Waals surface area contributed by atoms with Crippen LogP contribution in [-0.2, 0) is 9.53 Å². The van der Waals surface area contributed by atoms with Crippen LogP contribution in [-0.4, -0.2) is 31.5 Å². The molecule has 0 unspecified atom stereocenters. The number of carbonyl (C=O) groups excluding carboxylic acids is 3. The molecule has 0 aliphatic heterocycles. The summed E-state index contributed by atoms with van der Waals surface area (Å²) in [4.78, 5) is 35.1. The molecule has 24 heavy (non-hydrogen) atoms. The third kappa shape index (κ3) is 4.39. The fourth-order valence-electron chi connectivity index (χ4n) is 1.83. The molecular formula is C17H14FNO5. The van der Waals surface area contributed by atoms with Gasteiger partial charge in [0.05, 0.1) is 12.7 Å². The monoisotopic (exact) mass is 331 g/mol. The van der Waals surface area contributed by atoms with Crippen molar-refractivity contribution in [1.82, 2.24) is 5.32 Å². The summed E-state index contributed by atoms with van der Waals surface area (Å²) in [6, 6.07) is 11.6. The number of ether oxygens (including phenoxy) is 2. The van der Waals surface area contributed by atoms with Crippen molar-refractivity contribution < 1.29 is 28.2 Å². The van der Waals surface area contributed by atoms with Crippen LogP contribution in [0.25, 0.3) is 0 Å². The predicted octanol–water partition coefficient (Wildman–Crippen LogP) is 1.95. The Morgan fingerprint density at radius 3 is 2.38 bits per heavy atom. The number of carbonyl (C=O) groups is 3. The maximum absolute atomic E-state index is 13.5. The summed E-state index contributed by atoms with van der Waals surface area (Å²) in [5.41, 5.74) is 0.227. The van der Waals surface area contributed by atoms with Gasteiger partial charge in [0.1, 0.15) is 0 Å². The van der Waals surface area contributed by atoms with E-state index in [1.807, 2.05) is 0 Å². The highest BCUT2D eigenvalue weighted by Gasteiger charge is 2.15. The number of amides is 2. The summed E-state index contributed by atoms with van der Waals surface area (Å²) in [6.07, 6.45) is 0. The van der Waals surface area contributed by atoms with Crippen LogP contribution in [0, 0.1) is 5.82 Å². The van der Waals surface area contributed by atoms with Crippen LogP contribution in [0.5, 0.6) is 5.75 Å². The van der Waals surface area contributed by atoms with Gasteiger partial charge in [0.15, 0.2) is 18.2 Å². The SMILES string of the molecule is COc1ccc(C(=O)OCC(=O)NC(=O)c2ccccc2)cc1F. The average molecular weight is 331 g/mol. The minimum atomic E-state index is -0.890. The molecule has 0 saturated heterocycles. The van der Waals surface area contributed by atoms with E-state index in [4.69, 9.17) is 9.47 Å². The number of hydrogen-bond acceptors (Lipinski definition) is 5. The molecule has 0 aromatic heterocycles. The van der Waals surface area contributed by atoms with Gasteiger partial charge in [-0.1, -0.05) is 18.2 Å². The topological polar surface area (TPSA) is 81.7 Å². The Hall–Kier alpha value is -3.22. The second-order valence-electron chi connectivity index (χ2n) is 4.67. The van der Waals surface area contributed by atoms with Gasteiger partial charge in [-0.2, -0.15) is 0 Å². The molecule has 0 aliphatic carbocycles. The lowest BCUT2D eigenvalue weighted by Crippen LogP contribution is -2.34. The Bertz CT molecular complexity index is 761. The van der Waals surface area contributed by atoms with Crippen LogP contribution < -0.4 is 10.1 Å². The first kappa shape index (κ1) is 17.1. The first-order valence-corrected chi connectivity index (χ1v) is 6.91. The summed E-state index contributed by atoms with van der Waals surface area (Å²) >= 11 is 0. The van der Waals surface area contributed by atoms with E-state index in [-0.39, 0.29) is 11.3 Å². The van der Waals surface area contributed by atoms with Crippen LogP contribution in [0.3, 0.4) is 0 Å². The molecule has 0 spiro atoms. The third-order valence-electron chi connectivity index (χ3n) is 3.01. The molecule has 0 radical (unpaired) electrons. The molecule has 2 aromatic rings. The first-order valence-electron chi connectivity index (χ1n) is 6.91. The summed E-state index contributed by atoms with van der Waals surface area (Å²) in [5, 5.41) is 2.08. The van der Waals surface area contributed by atoms with Gasteiger partial charge in [-0.3, -0.25) is 14.9 Å². The number of nitrogens with one attached hydrogen (secondary N) is 1. The highest BCUT2D eigenvalue weighted by atomic mass is 19.1. The van der Waals surface area contributed by atoms with E-state index in [0.29, 0.717) is 5.56 Å². The van der Waals surface area contributed by atoms with Gasteiger partial charge in [-0.15, -0.1) is 0 Å². The van der Waals surface area contributed by atoms with E-state index in [2.05, 4.69) is 5.32 Å². The molecule has 0 heterocycles. The molecule has 0 fully saturated rings. The van der Waals surface area contributed by atoms with Crippen molar-refractivity contribution in [2.75, 3.05) is 13.7 Å². The zero-order chi connectivity index (χ0) is 17.5. The summed E-state index contributed by atoms with van der Waals surface area (Å²) < 4.78 is 23.0. The predicted molar refractivity (Wildman–Crippen MR) is 82.1 cm³/mol. The fourth-order valence-corrected chi connectivity index (χ4v) is 1.83. The van der Waals surface area contributed by atoms with Crippen molar-refractivity contribution in [2.45, 2.75) is 0 Å². The number of esters is 1. The van der Waals surface area contributed by atoms with Crippen LogP contribution >= 0.6 is 0 Å². The Balaban J connectivity index is 1.88. The van der Waals surface area contributed by atoms with E-state index < -0.39 is 30.2 Å². The molecule has 124 valence electrons. The lowest BCUT2D eigenvalue weighted by Gasteiger charge is -2.07. The fraction of sp³-hybridized carbons (Fsp3) is 0.118. The van der Waals surface area contributed by atoms with Crippen molar-refractivity contribution in [3.63, 3.8) is 0 Å². The van der Waals surface area contributed by atoms with Crippen molar-refractivity contribution in [1.29, 1.82) is 0 Å². The Kier molecular flexibility index (Phi) is 5.62. The molecule has 0 saturated carbocycles. The maximum atomic E-state index is 13.5. The van der Waals surface area contributed by atoms with E-state index in [1.54, 1.807) is 18.2 Å². The van der Waals surface area contributed by atoms with Gasteiger partial charge < -0.3 is 9.47 Å². The van der Waals surface area contributed by atoms with Crippen molar-refractivity contribution in [2.24, 2.45) is 0 Å². The number of hydrogen-bond donors (Lipinski definition) is 1. The maximum Gasteiger partial charge on any atom is 0.338 e. The van der Waals surface area contributed by atoms with E-state index in [1.165, 1.54) is 31.4 Å². The van der Waals surface area contributed by atoms with Crippen molar-refractivity contribution in [3.05, 3.63) is 65.5 Å². The van der Waals surface area contributed by atoms with Gasteiger partial charge in [0.25, 0.3) is 11.8 Å². The second kappa shape index (κ2) is 7.87. The number of methoxy groups -OCH3 is 1. The zero-order valence-corrected chi connectivity index (χ0v) is 12.7. The molecule has 0 atom stereocenters. The van der Waals surface area contributed by atoms with Crippen LogP contribution in [0.2, 0.25) is 0 Å². The molecule has 2 aromatic carbocycles. The Morgan fingerprint density at radius 2 is 1.75 bits per heavy atom. The van der Waals surface area contributed by atoms with Crippen LogP contribution in [0.1, 0.15) is 20.7 Å². The van der Waals surface area contributed by atoms with Gasteiger partial charge in [0, 0.05) is 5.56 Å². The smallest absolute Gasteiger partial charge is 0.338 e. The molecule has 2 amide bonds. The van der Waals surface area contributed by atoms with Crippen molar-refractivity contribution >= 4 is 17.8 Å². The number of benzene rings is 2. The van der Waals surface area contributed by atoms with Gasteiger partial charge in [0.2, 0.25) is 0 Å². The lowest BCUT2D eigenvalue weighted by atomic mass is 10.2. The Morgan fingerprint density at radius 1 is 1.04 bits per heavy atom. The van der Waals surface area contributed by atoms with Crippen LogP contribution in [0.15, 0.2) is 48.5 Å². The molecular weight excluding hydrogens is 317 g/mol. The molecule has 1 N–H and O–H groups in total. The van der Waals surface area contributed by atoms with Gasteiger partial charge in [-0.25, -0.2) is 9.18 Å². The van der Waals surface area contributed by atoms with E-state index in [9.17, 15) is 18.8 Å². The summed E-state index contributed by atoms with van der Waals surface area (Å²) in [6.45, 7) is -0.662. The minimum Gasteiger partial charge on any atom is -0.494 e. The first-order chi connectivity index (χ1) is 11.5. The Labute approximate surface area is 137 Å². The zero-order valence-electron chi connectivity index (χ0n) is 12.7. The number of imide groups is 1. The molecule has 6 nitrogen and oxygen atoms in total. The molecule has 2 rings (SSSR count). The lowest BCUT2D eigenvalue weighted by molar-refractivity contribution is -0.123. The van der Waals surface area contributed by atoms with Crippen molar-refractivity contribution in [3.8, 4) is 5.75 Å². The second-order valence-corrected chi connectivity index (χ2v) is 4.67. The van der Waals surface area contributed by atoms with Gasteiger partial charge in [-0.05, 0) is 30.3 Å². The van der Waals surface area contributed by atoms with E-state index >= 15 is 0 Å². The van der Waals surface area contributed by atoms with Crippen LogP contribution in [0.4, 0.5) is 4.39 Å². The normalized spacial score (nSPS) is 9.92. The minimum absolute atomic E-state index is 0.0160. The highest BCUT2D eigenvalue weighted by molar-refractivity contribution is 6.05. The molecule has 0 aliphatic rings. The third-order valence-corrected chi connectivity index (χ3v) is 3.01. The number of rotatable bonds is 5. The van der Waals surface area contributed by atoms with Gasteiger partial charge >= 0.3 is 5.97 Å². The summed E-state index contributed by atoms with van der Waals surface area (Å²) in [7, 11) is 1.30. The molecule has 7 heteroatoms. The number of halogens is 1.